The molecule has 0 bridgehead atoms. The molecule has 1 aromatic heterocycles. The molecule has 1 unspecified atom stereocenters. The first-order valence-corrected chi connectivity index (χ1v) is 10.1. The van der Waals surface area contributed by atoms with Gasteiger partial charge < -0.3 is 4.90 Å². The van der Waals surface area contributed by atoms with Gasteiger partial charge >= 0.3 is 0 Å². The highest BCUT2D eigenvalue weighted by Gasteiger charge is 2.40. The van der Waals surface area contributed by atoms with Gasteiger partial charge in [-0.1, -0.05) is 26.2 Å². The third-order valence-electron chi connectivity index (χ3n) is 6.01. The molecule has 6 nitrogen and oxygen atoms in total. The fourth-order valence-electron chi connectivity index (χ4n) is 4.43. The summed E-state index contributed by atoms with van der Waals surface area (Å²) in [5.41, 5.74) is 0. The van der Waals surface area contributed by atoms with E-state index >= 15 is 0 Å². The summed E-state index contributed by atoms with van der Waals surface area (Å²) in [6, 6.07) is -0.205. The van der Waals surface area contributed by atoms with E-state index in [1.54, 1.807) is 16.2 Å². The maximum atomic E-state index is 13.0. The number of carbonyl (C=O) groups excluding carboxylic acids is 1. The van der Waals surface area contributed by atoms with Crippen molar-refractivity contribution in [1.29, 1.82) is 5.26 Å². The number of amides is 1. The van der Waals surface area contributed by atoms with Crippen LogP contribution in [0.3, 0.4) is 0 Å². The van der Waals surface area contributed by atoms with Gasteiger partial charge in [0.1, 0.15) is 6.04 Å². The Morgan fingerprint density at radius 2 is 2.04 bits per heavy atom. The zero-order valence-corrected chi connectivity index (χ0v) is 15.5. The molecule has 3 aliphatic rings. The molecular weight excluding hydrogens is 334 g/mol. The van der Waals surface area contributed by atoms with Crippen LogP contribution in [0.25, 0.3) is 0 Å². The molecule has 2 aliphatic heterocycles. The van der Waals surface area contributed by atoms with Crippen LogP contribution in [0, 0.1) is 17.4 Å². The molecule has 0 radical (unpaired) electrons. The molecular formula is C18H25N5OS. The van der Waals surface area contributed by atoms with E-state index in [1.807, 2.05) is 11.1 Å². The Labute approximate surface area is 153 Å². The standard InChI is InChI=1S/C18H25N5OS/c1-13-4-2-3-5-14(13)16-10-20-18(25-16)23-9-8-22-7-6-21(12-19)11-15(22)17(23)24/h10,13-15H,2-9,11H2,1H3/t13-,14+,15?/m0/s1. The molecule has 3 fully saturated rings. The summed E-state index contributed by atoms with van der Waals surface area (Å²) in [5, 5.41) is 9.98. The highest BCUT2D eigenvalue weighted by molar-refractivity contribution is 7.15. The lowest BCUT2D eigenvalue weighted by Gasteiger charge is -2.44. The van der Waals surface area contributed by atoms with Crippen molar-refractivity contribution in [2.45, 2.75) is 44.6 Å². The molecule has 1 amide bonds. The number of piperazine rings is 2. The number of rotatable bonds is 2. The van der Waals surface area contributed by atoms with Crippen LogP contribution in [-0.4, -0.2) is 59.5 Å². The third kappa shape index (κ3) is 3.13. The molecule has 3 atom stereocenters. The van der Waals surface area contributed by atoms with Crippen molar-refractivity contribution in [1.82, 2.24) is 14.8 Å². The summed E-state index contributed by atoms with van der Waals surface area (Å²) in [7, 11) is 0. The summed E-state index contributed by atoms with van der Waals surface area (Å²) >= 11 is 1.70. The minimum atomic E-state index is -0.205. The summed E-state index contributed by atoms with van der Waals surface area (Å²) in [4.78, 5) is 24.7. The largest absolute Gasteiger partial charge is 0.307 e. The minimum Gasteiger partial charge on any atom is -0.307 e. The number of hydrogen-bond acceptors (Lipinski definition) is 6. The topological polar surface area (TPSA) is 63.5 Å². The maximum Gasteiger partial charge on any atom is 0.248 e. The molecule has 25 heavy (non-hydrogen) atoms. The van der Waals surface area contributed by atoms with Crippen molar-refractivity contribution in [3.05, 3.63) is 11.1 Å². The summed E-state index contributed by atoms with van der Waals surface area (Å²) < 4.78 is 0. The zero-order chi connectivity index (χ0) is 17.4. The zero-order valence-electron chi connectivity index (χ0n) is 14.7. The Morgan fingerprint density at radius 1 is 1.24 bits per heavy atom. The SMILES string of the molecule is C[C@H]1CCCC[C@H]1c1cnc(N2CCN3CCN(C#N)CC3C2=O)s1. The smallest absolute Gasteiger partial charge is 0.248 e. The molecule has 2 saturated heterocycles. The molecule has 1 aliphatic carbocycles. The monoisotopic (exact) mass is 359 g/mol. The van der Waals surface area contributed by atoms with E-state index in [2.05, 4.69) is 23.0 Å². The Hall–Kier alpha value is -1.65. The van der Waals surface area contributed by atoms with Crippen LogP contribution in [0.5, 0.6) is 0 Å². The summed E-state index contributed by atoms with van der Waals surface area (Å²) in [5.74, 6) is 1.40. The first-order valence-electron chi connectivity index (χ1n) is 9.33. The minimum absolute atomic E-state index is 0.101. The first-order chi connectivity index (χ1) is 12.2. The van der Waals surface area contributed by atoms with Crippen LogP contribution in [-0.2, 0) is 4.79 Å². The van der Waals surface area contributed by atoms with Gasteiger partial charge in [0.05, 0.1) is 6.54 Å². The molecule has 1 aromatic rings. The highest BCUT2D eigenvalue weighted by atomic mass is 32.1. The van der Waals surface area contributed by atoms with Crippen LogP contribution >= 0.6 is 11.3 Å². The lowest BCUT2D eigenvalue weighted by Crippen LogP contribution is -2.64. The van der Waals surface area contributed by atoms with Gasteiger partial charge in [-0.25, -0.2) is 4.98 Å². The number of aromatic nitrogens is 1. The molecule has 0 aromatic carbocycles. The van der Waals surface area contributed by atoms with Crippen molar-refractivity contribution in [2.75, 3.05) is 37.6 Å². The van der Waals surface area contributed by atoms with Gasteiger partial charge in [0.2, 0.25) is 5.91 Å². The Bertz CT molecular complexity index is 683. The number of hydrogen-bond donors (Lipinski definition) is 0. The maximum absolute atomic E-state index is 13.0. The number of fused-ring (bicyclic) bond motifs is 1. The molecule has 134 valence electrons. The molecule has 0 N–H and O–H groups in total. The fraction of sp³-hybridized carbons (Fsp3) is 0.722. The molecule has 0 spiro atoms. The second-order valence-corrected chi connectivity index (χ2v) is 8.54. The van der Waals surface area contributed by atoms with Crippen molar-refractivity contribution in [3.63, 3.8) is 0 Å². The van der Waals surface area contributed by atoms with Crippen LogP contribution in [0.15, 0.2) is 6.20 Å². The van der Waals surface area contributed by atoms with Crippen LogP contribution < -0.4 is 4.90 Å². The van der Waals surface area contributed by atoms with Crippen molar-refractivity contribution in [2.24, 2.45) is 5.92 Å². The number of nitriles is 1. The average molecular weight is 359 g/mol. The van der Waals surface area contributed by atoms with Gasteiger partial charge in [-0.2, -0.15) is 5.26 Å². The normalized spacial score (nSPS) is 30.9. The van der Waals surface area contributed by atoms with E-state index in [0.717, 1.165) is 24.8 Å². The van der Waals surface area contributed by atoms with Gasteiger partial charge in [-0.3, -0.25) is 14.6 Å². The van der Waals surface area contributed by atoms with E-state index in [-0.39, 0.29) is 11.9 Å². The number of thiazole rings is 1. The summed E-state index contributed by atoms with van der Waals surface area (Å²) in [6.45, 7) is 5.93. The third-order valence-corrected chi connectivity index (χ3v) is 7.17. The predicted molar refractivity (Wildman–Crippen MR) is 97.4 cm³/mol. The summed E-state index contributed by atoms with van der Waals surface area (Å²) in [6.07, 6.45) is 9.35. The number of nitrogens with zero attached hydrogens (tertiary/aromatic N) is 5. The Kier molecular flexibility index (Phi) is 4.65. The molecule has 4 rings (SSSR count). The lowest BCUT2D eigenvalue weighted by atomic mass is 9.80. The Balaban J connectivity index is 1.50. The molecule has 3 heterocycles. The fourth-order valence-corrected chi connectivity index (χ4v) is 5.65. The lowest BCUT2D eigenvalue weighted by molar-refractivity contribution is -0.127. The second kappa shape index (κ2) is 6.93. The van der Waals surface area contributed by atoms with E-state index in [1.165, 1.54) is 30.6 Å². The van der Waals surface area contributed by atoms with Gasteiger partial charge in [-0.05, 0) is 18.3 Å². The quantitative estimate of drug-likeness (QED) is 0.758. The van der Waals surface area contributed by atoms with E-state index < -0.39 is 0 Å². The Morgan fingerprint density at radius 3 is 2.84 bits per heavy atom. The van der Waals surface area contributed by atoms with Gasteiger partial charge in [0, 0.05) is 37.3 Å². The first kappa shape index (κ1) is 16.8. The number of carbonyl (C=O) groups is 1. The van der Waals surface area contributed by atoms with E-state index in [4.69, 9.17) is 5.26 Å². The van der Waals surface area contributed by atoms with Crippen LogP contribution in [0.2, 0.25) is 0 Å². The van der Waals surface area contributed by atoms with Gasteiger partial charge in [-0.15, -0.1) is 11.3 Å². The van der Waals surface area contributed by atoms with Crippen LogP contribution in [0.1, 0.15) is 43.4 Å². The number of anilines is 1. The highest BCUT2D eigenvalue weighted by Crippen LogP contribution is 2.41. The van der Waals surface area contributed by atoms with Crippen molar-refractivity contribution >= 4 is 22.4 Å². The van der Waals surface area contributed by atoms with Crippen LogP contribution in [0.4, 0.5) is 5.13 Å². The van der Waals surface area contributed by atoms with Gasteiger partial charge in [0.15, 0.2) is 11.3 Å². The molecule has 1 saturated carbocycles. The van der Waals surface area contributed by atoms with Gasteiger partial charge in [0.25, 0.3) is 0 Å². The van der Waals surface area contributed by atoms with Crippen molar-refractivity contribution < 1.29 is 4.79 Å². The second-order valence-electron chi connectivity index (χ2n) is 7.50. The average Bonchev–Trinajstić information content (AvgIpc) is 3.12. The van der Waals surface area contributed by atoms with E-state index in [0.29, 0.717) is 24.9 Å². The predicted octanol–water partition coefficient (Wildman–Crippen LogP) is 2.25. The van der Waals surface area contributed by atoms with Crippen molar-refractivity contribution in [3.8, 4) is 6.19 Å². The molecule has 7 heteroatoms. The van der Waals surface area contributed by atoms with E-state index in [9.17, 15) is 4.79 Å².